The van der Waals surface area contributed by atoms with E-state index in [0.717, 1.165) is 33.0 Å². The van der Waals surface area contributed by atoms with Gasteiger partial charge in [0.05, 0.1) is 10.9 Å². The molecule has 1 atom stereocenters. The van der Waals surface area contributed by atoms with Gasteiger partial charge in [-0.15, -0.1) is 16.4 Å². The molecule has 0 spiro atoms. The predicted octanol–water partition coefficient (Wildman–Crippen LogP) is 5.09. The normalized spacial score (nSPS) is 13.3. The van der Waals surface area contributed by atoms with E-state index in [1.54, 1.807) is 17.6 Å². The molecule has 0 bridgehead atoms. The van der Waals surface area contributed by atoms with Gasteiger partial charge in [-0.25, -0.2) is 8.42 Å². The van der Waals surface area contributed by atoms with E-state index < -0.39 is 27.9 Å². The van der Waals surface area contributed by atoms with E-state index in [-0.39, 0.29) is 20.8 Å². The van der Waals surface area contributed by atoms with Gasteiger partial charge >= 0.3 is 12.2 Å². The van der Waals surface area contributed by atoms with Gasteiger partial charge in [0.1, 0.15) is 21.3 Å². The third-order valence-electron chi connectivity index (χ3n) is 5.79. The Hall–Kier alpha value is -3.69. The SMILES string of the molecule is CCn1c(Oc2ccc3cc[nH]c3c2)nnc1[C@@H](C)NS(=O)(=O)c1ccc(-c2cc(C(F)(F)F)n(C)n2)s1. The Morgan fingerprint density at radius 2 is 1.95 bits per heavy atom. The molecule has 4 heterocycles. The second-order valence-corrected chi connectivity index (χ2v) is 11.4. The van der Waals surface area contributed by atoms with Gasteiger partial charge in [0.2, 0.25) is 0 Å². The molecule has 200 valence electrons. The molecular weight excluding hydrogens is 543 g/mol. The van der Waals surface area contributed by atoms with Crippen LogP contribution >= 0.6 is 11.3 Å². The molecule has 4 aromatic heterocycles. The summed E-state index contributed by atoms with van der Waals surface area (Å²) in [6.45, 7) is 3.88. The van der Waals surface area contributed by atoms with Gasteiger partial charge in [0.25, 0.3) is 10.0 Å². The molecule has 5 aromatic rings. The van der Waals surface area contributed by atoms with Crippen molar-refractivity contribution in [3.05, 3.63) is 60.2 Å². The van der Waals surface area contributed by atoms with Gasteiger partial charge < -0.3 is 9.72 Å². The zero-order valence-electron chi connectivity index (χ0n) is 20.3. The molecule has 38 heavy (non-hydrogen) atoms. The van der Waals surface area contributed by atoms with E-state index in [9.17, 15) is 21.6 Å². The third-order valence-corrected chi connectivity index (χ3v) is 8.93. The first-order chi connectivity index (χ1) is 18.0. The molecule has 0 radical (unpaired) electrons. The number of aromatic amines is 1. The first-order valence-electron chi connectivity index (χ1n) is 11.4. The molecule has 0 aliphatic carbocycles. The number of thiophene rings is 1. The molecule has 0 fully saturated rings. The largest absolute Gasteiger partial charge is 0.433 e. The average Bonchev–Trinajstić information content (AvgIpc) is 3.63. The molecule has 15 heteroatoms. The maximum absolute atomic E-state index is 13.1. The summed E-state index contributed by atoms with van der Waals surface area (Å²) in [7, 11) is -2.85. The number of aryl methyl sites for hydroxylation is 1. The Balaban J connectivity index is 1.35. The first-order valence-corrected chi connectivity index (χ1v) is 13.7. The third kappa shape index (κ3) is 4.91. The molecule has 0 unspecified atom stereocenters. The smallest absolute Gasteiger partial charge is 0.424 e. The van der Waals surface area contributed by atoms with Crippen LogP contribution in [0.4, 0.5) is 13.2 Å². The Kier molecular flexibility index (Phi) is 6.53. The van der Waals surface area contributed by atoms with E-state index in [1.165, 1.54) is 19.2 Å². The van der Waals surface area contributed by atoms with E-state index in [4.69, 9.17) is 4.74 Å². The van der Waals surface area contributed by atoms with Crippen molar-refractivity contribution in [3.8, 4) is 22.3 Å². The maximum Gasteiger partial charge on any atom is 0.433 e. The summed E-state index contributed by atoms with van der Waals surface area (Å²) >= 11 is 0.817. The van der Waals surface area contributed by atoms with Gasteiger partial charge in [0.15, 0.2) is 5.82 Å². The van der Waals surface area contributed by atoms with Crippen LogP contribution in [0.15, 0.2) is 52.9 Å². The Labute approximate surface area is 219 Å². The molecule has 1 aromatic carbocycles. The average molecular weight is 566 g/mol. The lowest BCUT2D eigenvalue weighted by atomic mass is 10.2. The lowest BCUT2D eigenvalue weighted by Crippen LogP contribution is -2.28. The van der Waals surface area contributed by atoms with E-state index in [0.29, 0.717) is 18.1 Å². The molecule has 0 aliphatic heterocycles. The predicted molar refractivity (Wildman–Crippen MR) is 134 cm³/mol. The second kappa shape index (κ2) is 9.56. The van der Waals surface area contributed by atoms with Crippen molar-refractivity contribution >= 4 is 32.3 Å². The van der Waals surface area contributed by atoms with E-state index >= 15 is 0 Å². The summed E-state index contributed by atoms with van der Waals surface area (Å²) in [5, 5.41) is 13.1. The van der Waals surface area contributed by atoms with Gasteiger partial charge in [-0.05, 0) is 55.6 Å². The monoisotopic (exact) mass is 565 g/mol. The molecule has 2 N–H and O–H groups in total. The highest BCUT2D eigenvalue weighted by atomic mass is 32.2. The van der Waals surface area contributed by atoms with Crippen LogP contribution in [0, 0.1) is 0 Å². The summed E-state index contributed by atoms with van der Waals surface area (Å²) in [5.74, 6) is 0.875. The number of hydrogen-bond donors (Lipinski definition) is 2. The van der Waals surface area contributed by atoms with Crippen molar-refractivity contribution in [2.45, 2.75) is 36.8 Å². The summed E-state index contributed by atoms with van der Waals surface area (Å²) in [5.41, 5.74) is -0.00626. The fourth-order valence-corrected chi connectivity index (χ4v) is 6.47. The highest BCUT2D eigenvalue weighted by molar-refractivity contribution is 7.91. The van der Waals surface area contributed by atoms with Crippen molar-refractivity contribution in [2.75, 3.05) is 0 Å². The van der Waals surface area contributed by atoms with Gasteiger partial charge in [-0.2, -0.15) is 23.0 Å². The number of alkyl halides is 3. The molecule has 0 amide bonds. The maximum atomic E-state index is 13.1. The molecule has 0 saturated carbocycles. The number of rotatable bonds is 8. The van der Waals surface area contributed by atoms with Crippen LogP contribution < -0.4 is 9.46 Å². The molecule has 5 rings (SSSR count). The van der Waals surface area contributed by atoms with Crippen molar-refractivity contribution in [1.82, 2.24) is 34.3 Å². The number of sulfonamides is 1. The van der Waals surface area contributed by atoms with Gasteiger partial charge in [-0.3, -0.25) is 9.25 Å². The molecular formula is C23H22F3N7O3S2. The van der Waals surface area contributed by atoms with Crippen molar-refractivity contribution in [2.24, 2.45) is 7.05 Å². The number of hydrogen-bond acceptors (Lipinski definition) is 7. The topological polar surface area (TPSA) is 120 Å². The highest BCUT2D eigenvalue weighted by Gasteiger charge is 2.35. The highest BCUT2D eigenvalue weighted by Crippen LogP contribution is 2.35. The summed E-state index contributed by atoms with van der Waals surface area (Å²) in [6, 6.07) is 10.5. The number of H-pyrrole nitrogens is 1. The van der Waals surface area contributed by atoms with Gasteiger partial charge in [-0.1, -0.05) is 5.10 Å². The molecule has 0 aliphatic rings. The van der Waals surface area contributed by atoms with Crippen LogP contribution in [0.1, 0.15) is 31.4 Å². The first kappa shape index (κ1) is 25.9. The number of ether oxygens (including phenoxy) is 1. The van der Waals surface area contributed by atoms with Crippen molar-refractivity contribution in [3.63, 3.8) is 0 Å². The second-order valence-electron chi connectivity index (χ2n) is 8.41. The van der Waals surface area contributed by atoms with Crippen LogP contribution in [-0.4, -0.2) is 37.9 Å². The number of fused-ring (bicyclic) bond motifs is 1. The number of aromatic nitrogens is 6. The summed E-state index contributed by atoms with van der Waals surface area (Å²) < 4.78 is 76.3. The fraction of sp³-hybridized carbons (Fsp3) is 0.261. The molecule has 10 nitrogen and oxygen atoms in total. The molecule has 0 saturated heterocycles. The van der Waals surface area contributed by atoms with Crippen molar-refractivity contribution in [1.29, 1.82) is 0 Å². The lowest BCUT2D eigenvalue weighted by Gasteiger charge is -2.14. The number of nitrogens with zero attached hydrogens (tertiary/aromatic N) is 5. The minimum Gasteiger partial charge on any atom is -0.424 e. The van der Waals surface area contributed by atoms with Crippen LogP contribution in [0.2, 0.25) is 0 Å². The van der Waals surface area contributed by atoms with Gasteiger partial charge in [0, 0.05) is 31.4 Å². The minimum atomic E-state index is -4.57. The zero-order valence-corrected chi connectivity index (χ0v) is 21.9. The number of halogens is 3. The van der Waals surface area contributed by atoms with Crippen LogP contribution in [0.5, 0.6) is 11.8 Å². The van der Waals surface area contributed by atoms with Crippen molar-refractivity contribution < 1.29 is 26.3 Å². The number of nitrogens with one attached hydrogen (secondary N) is 2. The Morgan fingerprint density at radius 1 is 1.16 bits per heavy atom. The van der Waals surface area contributed by atoms with E-state index in [2.05, 4.69) is 25.0 Å². The summed E-state index contributed by atoms with van der Waals surface area (Å²) in [4.78, 5) is 3.40. The van der Waals surface area contributed by atoms with Crippen LogP contribution in [-0.2, 0) is 29.8 Å². The van der Waals surface area contributed by atoms with Crippen LogP contribution in [0.25, 0.3) is 21.5 Å². The summed E-state index contributed by atoms with van der Waals surface area (Å²) in [6.07, 6.45) is -2.75. The van der Waals surface area contributed by atoms with Crippen LogP contribution in [0.3, 0.4) is 0 Å². The Bertz CT molecular complexity index is 1720. The van der Waals surface area contributed by atoms with E-state index in [1.807, 2.05) is 31.3 Å². The standard InChI is InChI=1S/C23H22F3N7O3S2/c1-4-33-21(28-29-22(33)36-15-6-5-14-9-10-27-16(14)11-15)13(2)31-38(34,35)20-8-7-18(37-20)17-12-19(23(24,25)26)32(3)30-17/h5-13,27,31H,4H2,1-3H3/t13-/m1/s1. The quantitative estimate of drug-likeness (QED) is 0.270. The Morgan fingerprint density at radius 3 is 2.66 bits per heavy atom. The number of benzene rings is 1. The minimum absolute atomic E-state index is 0.0318. The lowest BCUT2D eigenvalue weighted by molar-refractivity contribution is -0.143. The zero-order chi connectivity index (χ0) is 27.2. The fourth-order valence-electron chi connectivity index (χ4n) is 3.99.